The Hall–Kier alpha value is -1.03. The maximum Gasteiger partial charge on any atom is 0.261 e. The zero-order valence-corrected chi connectivity index (χ0v) is 13.0. The predicted octanol–water partition coefficient (Wildman–Crippen LogP) is 0.968. The minimum Gasteiger partial charge on any atom is -0.286 e. The summed E-state index contributed by atoms with van der Waals surface area (Å²) in [6.07, 6.45) is 10.5. The molecule has 0 bridgehead atoms. The molecule has 1 aliphatic carbocycles. The van der Waals surface area contributed by atoms with Gasteiger partial charge in [0.2, 0.25) is 0 Å². The van der Waals surface area contributed by atoms with Crippen LogP contribution >= 0.6 is 0 Å². The van der Waals surface area contributed by atoms with Gasteiger partial charge in [-0.1, -0.05) is 0 Å². The molecule has 1 heterocycles. The number of hydrogen-bond donors (Lipinski definition) is 2. The zero-order valence-electron chi connectivity index (χ0n) is 11.4. The topological polar surface area (TPSA) is 122 Å². The van der Waals surface area contributed by atoms with Gasteiger partial charge in [-0.25, -0.2) is 0 Å². The molecule has 0 spiro atoms. The number of rotatable bonds is 0. The first-order chi connectivity index (χ1) is 8.97. The van der Waals surface area contributed by atoms with Gasteiger partial charge in [-0.05, 0) is 42.9 Å². The van der Waals surface area contributed by atoms with E-state index < -0.39 is 20.2 Å². The van der Waals surface area contributed by atoms with Crippen LogP contribution in [-0.4, -0.2) is 43.4 Å². The lowest BCUT2D eigenvalue weighted by atomic mass is 9.94. The molecule has 9 heteroatoms. The molecule has 2 rings (SSSR count). The van der Waals surface area contributed by atoms with Crippen molar-refractivity contribution in [2.75, 3.05) is 12.5 Å². The van der Waals surface area contributed by atoms with Crippen LogP contribution in [0.5, 0.6) is 0 Å². The molecule has 0 aromatic carbocycles. The summed E-state index contributed by atoms with van der Waals surface area (Å²) in [6, 6.07) is 2.15. The number of aryl methyl sites for hydroxylation is 2. The summed E-state index contributed by atoms with van der Waals surface area (Å²) in [4.78, 5) is 4.10. The Morgan fingerprint density at radius 3 is 1.75 bits per heavy atom. The second-order valence-electron chi connectivity index (χ2n) is 4.32. The summed E-state index contributed by atoms with van der Waals surface area (Å²) in [6.45, 7) is 0. The van der Waals surface area contributed by atoms with Crippen LogP contribution in [0.2, 0.25) is 0 Å². The molecule has 0 saturated carbocycles. The molecule has 0 atom stereocenters. The monoisotopic (exact) mass is 325 g/mol. The molecule has 0 fully saturated rings. The fraction of sp³-hybridized carbons (Fsp3) is 0.545. The lowest BCUT2D eigenvalue weighted by Crippen LogP contribution is -2.01. The van der Waals surface area contributed by atoms with Crippen LogP contribution in [-0.2, 0) is 33.1 Å². The summed E-state index contributed by atoms with van der Waals surface area (Å²) in [5.74, 6) is 0. The van der Waals surface area contributed by atoms with Crippen molar-refractivity contribution in [3.05, 3.63) is 29.6 Å². The van der Waals surface area contributed by atoms with Gasteiger partial charge in [0.05, 0.1) is 12.5 Å². The smallest absolute Gasteiger partial charge is 0.261 e. The Labute approximate surface area is 119 Å². The van der Waals surface area contributed by atoms with Crippen molar-refractivity contribution >= 4 is 20.2 Å². The van der Waals surface area contributed by atoms with E-state index in [4.69, 9.17) is 9.11 Å². The SMILES string of the molecule is CS(=O)(=O)O.CS(=O)(=O)O.c1cc2c(cn1)CCCC2. The Morgan fingerprint density at radius 1 is 0.950 bits per heavy atom. The van der Waals surface area contributed by atoms with Crippen LogP contribution in [0.25, 0.3) is 0 Å². The molecule has 2 N–H and O–H groups in total. The van der Waals surface area contributed by atoms with Crippen LogP contribution in [0.1, 0.15) is 24.0 Å². The predicted molar refractivity (Wildman–Crippen MR) is 75.8 cm³/mol. The van der Waals surface area contributed by atoms with E-state index in [0.717, 1.165) is 0 Å². The van der Waals surface area contributed by atoms with Gasteiger partial charge in [0.15, 0.2) is 0 Å². The largest absolute Gasteiger partial charge is 0.286 e. The van der Waals surface area contributed by atoms with E-state index in [1.54, 1.807) is 0 Å². The molecule has 7 nitrogen and oxygen atoms in total. The van der Waals surface area contributed by atoms with Crippen molar-refractivity contribution in [3.63, 3.8) is 0 Å². The lowest BCUT2D eigenvalue weighted by molar-refractivity contribution is 0.488. The molecule has 0 amide bonds. The fourth-order valence-electron chi connectivity index (χ4n) is 1.56. The quantitative estimate of drug-likeness (QED) is 0.681. The van der Waals surface area contributed by atoms with Gasteiger partial charge in [-0.3, -0.25) is 14.1 Å². The van der Waals surface area contributed by atoms with E-state index in [-0.39, 0.29) is 0 Å². The summed E-state index contributed by atoms with van der Waals surface area (Å²) in [7, 11) is -7.33. The first kappa shape index (κ1) is 19.0. The van der Waals surface area contributed by atoms with E-state index in [1.165, 1.54) is 36.8 Å². The molecule has 1 aromatic heterocycles. The second-order valence-corrected chi connectivity index (χ2v) is 7.25. The average Bonchev–Trinajstić information content (AvgIpc) is 2.25. The molecule has 0 saturated heterocycles. The first-order valence-electron chi connectivity index (χ1n) is 5.73. The molecular formula is C11H19NO6S2. The highest BCUT2D eigenvalue weighted by atomic mass is 32.2. The Kier molecular flexibility index (Phi) is 7.87. The molecule has 1 aliphatic rings. The zero-order chi connectivity index (χ0) is 15.8. The van der Waals surface area contributed by atoms with Crippen molar-refractivity contribution in [1.29, 1.82) is 0 Å². The summed E-state index contributed by atoms with van der Waals surface area (Å²) >= 11 is 0. The van der Waals surface area contributed by atoms with E-state index >= 15 is 0 Å². The third-order valence-corrected chi connectivity index (χ3v) is 2.15. The van der Waals surface area contributed by atoms with E-state index in [2.05, 4.69) is 11.1 Å². The van der Waals surface area contributed by atoms with Crippen molar-refractivity contribution in [2.24, 2.45) is 0 Å². The lowest BCUT2D eigenvalue weighted by Gasteiger charge is -2.13. The minimum atomic E-state index is -3.67. The number of fused-ring (bicyclic) bond motifs is 1. The first-order valence-corrected chi connectivity index (χ1v) is 9.43. The van der Waals surface area contributed by atoms with E-state index in [1.807, 2.05) is 12.4 Å². The Bertz CT molecular complexity index is 539. The maximum atomic E-state index is 9.19. The summed E-state index contributed by atoms with van der Waals surface area (Å²) in [5, 5.41) is 0. The molecule has 1 aromatic rings. The van der Waals surface area contributed by atoms with Crippen LogP contribution in [0.3, 0.4) is 0 Å². The molecule has 0 radical (unpaired) electrons. The van der Waals surface area contributed by atoms with Crippen molar-refractivity contribution < 1.29 is 25.9 Å². The maximum absolute atomic E-state index is 9.19. The molecule has 116 valence electrons. The van der Waals surface area contributed by atoms with Crippen LogP contribution in [0.15, 0.2) is 18.5 Å². The van der Waals surface area contributed by atoms with Gasteiger partial charge in [0.25, 0.3) is 20.2 Å². The highest BCUT2D eigenvalue weighted by molar-refractivity contribution is 7.85. The standard InChI is InChI=1S/C9H11N.2CH4O3S/c1-2-4-9-7-10-6-5-8(9)3-1;2*1-5(2,3)4/h5-7H,1-4H2;2*1H3,(H,2,3,4). The number of hydrogen-bond acceptors (Lipinski definition) is 5. The van der Waals surface area contributed by atoms with Crippen LogP contribution < -0.4 is 0 Å². The third-order valence-electron chi connectivity index (χ3n) is 2.15. The fourth-order valence-corrected chi connectivity index (χ4v) is 1.56. The summed E-state index contributed by atoms with van der Waals surface area (Å²) in [5.41, 5.74) is 2.98. The molecule has 0 unspecified atom stereocenters. The molecule has 0 aliphatic heterocycles. The number of nitrogens with zero attached hydrogens (tertiary/aromatic N) is 1. The summed E-state index contributed by atoms with van der Waals surface area (Å²) < 4.78 is 51.7. The van der Waals surface area contributed by atoms with Crippen LogP contribution in [0.4, 0.5) is 0 Å². The average molecular weight is 325 g/mol. The van der Waals surface area contributed by atoms with Gasteiger partial charge >= 0.3 is 0 Å². The van der Waals surface area contributed by atoms with Gasteiger partial charge < -0.3 is 0 Å². The van der Waals surface area contributed by atoms with Crippen molar-refractivity contribution in [3.8, 4) is 0 Å². The Balaban J connectivity index is 0.000000310. The van der Waals surface area contributed by atoms with Crippen LogP contribution in [0, 0.1) is 0 Å². The normalized spacial score (nSPS) is 14.0. The molecular weight excluding hydrogens is 306 g/mol. The van der Waals surface area contributed by atoms with Gasteiger partial charge in [0.1, 0.15) is 0 Å². The highest BCUT2D eigenvalue weighted by Crippen LogP contribution is 2.18. The Morgan fingerprint density at radius 2 is 1.35 bits per heavy atom. The van der Waals surface area contributed by atoms with E-state index in [9.17, 15) is 16.8 Å². The van der Waals surface area contributed by atoms with Crippen molar-refractivity contribution in [1.82, 2.24) is 4.98 Å². The van der Waals surface area contributed by atoms with Gasteiger partial charge in [-0.15, -0.1) is 0 Å². The number of aromatic nitrogens is 1. The third kappa shape index (κ3) is 15.0. The highest BCUT2D eigenvalue weighted by Gasteiger charge is 2.06. The number of pyridine rings is 1. The minimum absolute atomic E-state index is 0.715. The van der Waals surface area contributed by atoms with Crippen molar-refractivity contribution in [2.45, 2.75) is 25.7 Å². The van der Waals surface area contributed by atoms with E-state index in [0.29, 0.717) is 12.5 Å². The second kappa shape index (κ2) is 8.30. The molecule has 20 heavy (non-hydrogen) atoms. The van der Waals surface area contributed by atoms with Gasteiger partial charge in [0, 0.05) is 12.4 Å². The van der Waals surface area contributed by atoms with Gasteiger partial charge in [-0.2, -0.15) is 16.8 Å².